The van der Waals surface area contributed by atoms with Gasteiger partial charge >= 0.3 is 0 Å². The fraction of sp³-hybridized carbons (Fsp3) is 0.400. The third-order valence-corrected chi connectivity index (χ3v) is 8.11. The molecule has 2 bridgehead atoms. The fourth-order valence-electron chi connectivity index (χ4n) is 6.32. The van der Waals surface area contributed by atoms with Crippen molar-refractivity contribution in [1.29, 1.82) is 0 Å². The van der Waals surface area contributed by atoms with Gasteiger partial charge in [0.2, 0.25) is 11.8 Å². The lowest BCUT2D eigenvalue weighted by Gasteiger charge is -2.29. The number of fused-ring (bicyclic) bond motifs is 6. The Morgan fingerprint density at radius 3 is 2.32 bits per heavy atom. The Bertz CT molecular complexity index is 1100. The molecule has 4 atom stereocenters. The zero-order valence-corrected chi connectivity index (χ0v) is 17.8. The van der Waals surface area contributed by atoms with E-state index in [1.165, 1.54) is 10.5 Å². The minimum atomic E-state index is -0.181. The second-order valence-corrected chi connectivity index (χ2v) is 9.71. The molecule has 0 N–H and O–H groups in total. The first kappa shape index (κ1) is 19.1. The van der Waals surface area contributed by atoms with Gasteiger partial charge in [-0.15, -0.1) is 0 Å². The normalized spacial score (nSPS) is 28.8. The SMILES string of the molecule is O=C(c1cc(N2C(=O)[C@@H]3[C@H]4CC[C@@H](C4)[C@H]3C2=O)ccc1Cl)N1CCc2ccccc2C1. The Morgan fingerprint density at radius 1 is 0.935 bits per heavy atom. The van der Waals surface area contributed by atoms with E-state index >= 15 is 0 Å². The summed E-state index contributed by atoms with van der Waals surface area (Å²) >= 11 is 6.41. The van der Waals surface area contributed by atoms with Crippen molar-refractivity contribution in [3.8, 4) is 0 Å². The molecular weight excluding hydrogens is 412 g/mol. The molecule has 0 unspecified atom stereocenters. The van der Waals surface area contributed by atoms with Crippen LogP contribution < -0.4 is 4.90 Å². The predicted molar refractivity (Wildman–Crippen MR) is 117 cm³/mol. The Balaban J connectivity index is 1.30. The standard InChI is InChI=1S/C25H23ClN2O3/c26-20-8-7-18(28-24(30)21-15-5-6-16(11-15)22(21)25(28)31)12-19(20)23(29)27-10-9-14-3-1-2-4-17(14)13-27/h1-4,7-8,12,15-16,21-22H,5-6,9-11,13H2/t15-,16-,21+,22+/m0/s1. The van der Waals surface area contributed by atoms with Crippen molar-refractivity contribution >= 4 is 35.0 Å². The number of hydrogen-bond acceptors (Lipinski definition) is 3. The van der Waals surface area contributed by atoms with Crippen LogP contribution in [0.4, 0.5) is 5.69 Å². The second-order valence-electron chi connectivity index (χ2n) is 9.31. The number of halogens is 1. The molecule has 3 fully saturated rings. The number of nitrogens with zero attached hydrogens (tertiary/aromatic N) is 2. The summed E-state index contributed by atoms with van der Waals surface area (Å²) in [6, 6.07) is 13.1. The Morgan fingerprint density at radius 2 is 1.61 bits per heavy atom. The molecule has 6 rings (SSSR count). The molecule has 5 nitrogen and oxygen atoms in total. The van der Waals surface area contributed by atoms with Crippen LogP contribution in [-0.4, -0.2) is 29.2 Å². The molecule has 2 saturated carbocycles. The maximum Gasteiger partial charge on any atom is 0.255 e. The van der Waals surface area contributed by atoms with Crippen molar-refractivity contribution in [2.75, 3.05) is 11.4 Å². The number of imide groups is 1. The summed E-state index contributed by atoms with van der Waals surface area (Å²) in [6.45, 7) is 1.15. The minimum Gasteiger partial charge on any atom is -0.334 e. The van der Waals surface area contributed by atoms with Crippen molar-refractivity contribution < 1.29 is 14.4 Å². The zero-order chi connectivity index (χ0) is 21.3. The summed E-state index contributed by atoms with van der Waals surface area (Å²) in [6.07, 6.45) is 3.88. The van der Waals surface area contributed by atoms with Gasteiger partial charge in [-0.1, -0.05) is 35.9 Å². The highest BCUT2D eigenvalue weighted by atomic mass is 35.5. The lowest BCUT2D eigenvalue weighted by molar-refractivity contribution is -0.123. The Kier molecular flexibility index (Phi) is 4.26. The van der Waals surface area contributed by atoms with Gasteiger partial charge < -0.3 is 4.90 Å². The van der Waals surface area contributed by atoms with Gasteiger partial charge in [-0.05, 0) is 66.8 Å². The number of anilines is 1. The van der Waals surface area contributed by atoms with Crippen LogP contribution in [0.1, 0.15) is 40.7 Å². The molecule has 6 heteroatoms. The molecule has 1 saturated heterocycles. The topological polar surface area (TPSA) is 57.7 Å². The van der Waals surface area contributed by atoms with Crippen LogP contribution >= 0.6 is 11.6 Å². The summed E-state index contributed by atoms with van der Waals surface area (Å²) < 4.78 is 0. The van der Waals surface area contributed by atoms with E-state index in [9.17, 15) is 14.4 Å². The molecule has 2 aliphatic heterocycles. The van der Waals surface area contributed by atoms with E-state index in [2.05, 4.69) is 6.07 Å². The fourth-order valence-corrected chi connectivity index (χ4v) is 6.52. The molecule has 158 valence electrons. The van der Waals surface area contributed by atoms with E-state index in [0.29, 0.717) is 41.2 Å². The quantitative estimate of drug-likeness (QED) is 0.669. The smallest absolute Gasteiger partial charge is 0.255 e. The Hall–Kier alpha value is -2.66. The number of amides is 3. The van der Waals surface area contributed by atoms with Crippen LogP contribution in [0.2, 0.25) is 5.02 Å². The number of rotatable bonds is 2. The molecule has 3 amide bonds. The van der Waals surface area contributed by atoms with Crippen LogP contribution in [0.5, 0.6) is 0 Å². The van der Waals surface area contributed by atoms with E-state index in [1.54, 1.807) is 23.1 Å². The van der Waals surface area contributed by atoms with E-state index in [1.807, 2.05) is 18.2 Å². The minimum absolute atomic E-state index is 0.102. The lowest BCUT2D eigenvalue weighted by Crippen LogP contribution is -2.36. The average molecular weight is 435 g/mol. The summed E-state index contributed by atoms with van der Waals surface area (Å²) in [4.78, 5) is 42.8. The van der Waals surface area contributed by atoms with E-state index in [4.69, 9.17) is 11.6 Å². The number of carbonyl (C=O) groups excluding carboxylic acids is 3. The first-order valence-electron chi connectivity index (χ1n) is 11.1. The number of carbonyl (C=O) groups is 3. The summed E-state index contributed by atoms with van der Waals surface area (Å²) in [7, 11) is 0. The van der Waals surface area contributed by atoms with Gasteiger partial charge in [0, 0.05) is 13.1 Å². The van der Waals surface area contributed by atoms with E-state index < -0.39 is 0 Å². The third kappa shape index (κ3) is 2.79. The van der Waals surface area contributed by atoms with Crippen molar-refractivity contribution in [3.05, 3.63) is 64.2 Å². The molecule has 2 aromatic carbocycles. The number of hydrogen-bond donors (Lipinski definition) is 0. The van der Waals surface area contributed by atoms with Crippen molar-refractivity contribution in [1.82, 2.24) is 4.90 Å². The molecule has 4 aliphatic rings. The highest BCUT2D eigenvalue weighted by Gasteiger charge is 2.61. The molecule has 31 heavy (non-hydrogen) atoms. The second kappa shape index (κ2) is 6.92. The first-order chi connectivity index (χ1) is 15.0. The van der Waals surface area contributed by atoms with Gasteiger partial charge in [0.1, 0.15) is 0 Å². The van der Waals surface area contributed by atoms with E-state index in [-0.39, 0.29) is 29.6 Å². The molecule has 0 radical (unpaired) electrons. The third-order valence-electron chi connectivity index (χ3n) is 7.78. The average Bonchev–Trinajstić information content (AvgIpc) is 3.47. The van der Waals surface area contributed by atoms with Crippen LogP contribution in [-0.2, 0) is 22.6 Å². The van der Waals surface area contributed by atoms with Gasteiger partial charge in [-0.3, -0.25) is 19.3 Å². The predicted octanol–water partition coefficient (Wildman–Crippen LogP) is 4.07. The molecule has 0 aromatic heterocycles. The highest BCUT2D eigenvalue weighted by Crippen LogP contribution is 2.56. The lowest BCUT2D eigenvalue weighted by atomic mass is 9.81. The molecular formula is C25H23ClN2O3. The van der Waals surface area contributed by atoms with Crippen LogP contribution in [0.3, 0.4) is 0 Å². The number of benzene rings is 2. The summed E-state index contributed by atoms with van der Waals surface area (Å²) in [5.41, 5.74) is 3.22. The molecule has 2 aliphatic carbocycles. The van der Waals surface area contributed by atoms with Crippen molar-refractivity contribution in [3.63, 3.8) is 0 Å². The van der Waals surface area contributed by atoms with Gasteiger partial charge in [0.15, 0.2) is 0 Å². The van der Waals surface area contributed by atoms with E-state index in [0.717, 1.165) is 31.2 Å². The van der Waals surface area contributed by atoms with Gasteiger partial charge in [0.05, 0.1) is 28.1 Å². The zero-order valence-electron chi connectivity index (χ0n) is 17.1. The maximum atomic E-state index is 13.3. The highest BCUT2D eigenvalue weighted by molar-refractivity contribution is 6.34. The monoisotopic (exact) mass is 434 g/mol. The van der Waals surface area contributed by atoms with Crippen LogP contribution in [0.25, 0.3) is 0 Å². The van der Waals surface area contributed by atoms with Crippen LogP contribution in [0.15, 0.2) is 42.5 Å². The molecule has 2 heterocycles. The summed E-state index contributed by atoms with van der Waals surface area (Å²) in [5, 5.41) is 0.340. The maximum absolute atomic E-state index is 13.3. The van der Waals surface area contributed by atoms with Gasteiger partial charge in [-0.2, -0.15) is 0 Å². The summed E-state index contributed by atoms with van der Waals surface area (Å²) in [5.74, 6) is -0.0683. The largest absolute Gasteiger partial charge is 0.334 e. The van der Waals surface area contributed by atoms with Gasteiger partial charge in [0.25, 0.3) is 5.91 Å². The van der Waals surface area contributed by atoms with Gasteiger partial charge in [-0.25, -0.2) is 0 Å². The first-order valence-corrected chi connectivity index (χ1v) is 11.4. The van der Waals surface area contributed by atoms with Crippen LogP contribution in [0, 0.1) is 23.7 Å². The Labute approximate surface area is 186 Å². The molecule has 2 aromatic rings. The molecule has 0 spiro atoms. The van der Waals surface area contributed by atoms with Crippen molar-refractivity contribution in [2.24, 2.45) is 23.7 Å². The van der Waals surface area contributed by atoms with Crippen molar-refractivity contribution in [2.45, 2.75) is 32.2 Å².